The highest BCUT2D eigenvalue weighted by Gasteiger charge is 2.35. The van der Waals surface area contributed by atoms with Crippen molar-refractivity contribution in [3.05, 3.63) is 66.2 Å². The molecule has 0 aromatic heterocycles. The maximum absolute atomic E-state index is 12.8. The summed E-state index contributed by atoms with van der Waals surface area (Å²) in [6, 6.07) is 18.6. The molecule has 1 aliphatic heterocycles. The molecule has 5 heteroatoms. The van der Waals surface area contributed by atoms with Gasteiger partial charge < -0.3 is 15.1 Å². The molecule has 0 aliphatic carbocycles. The largest absolute Gasteiger partial charge is 0.340 e. The second-order valence-electron chi connectivity index (χ2n) is 6.33. The molecule has 0 saturated carbocycles. The van der Waals surface area contributed by atoms with Gasteiger partial charge in [-0.05, 0) is 30.5 Å². The van der Waals surface area contributed by atoms with Crippen molar-refractivity contribution in [2.45, 2.75) is 25.4 Å². The van der Waals surface area contributed by atoms with Gasteiger partial charge in [0, 0.05) is 25.8 Å². The minimum Gasteiger partial charge on any atom is -0.340 e. The third-order valence-electron chi connectivity index (χ3n) is 4.46. The van der Waals surface area contributed by atoms with Crippen molar-refractivity contribution in [1.82, 2.24) is 9.80 Å². The fraction of sp³-hybridized carbons (Fsp3) is 0.300. The molecule has 0 spiro atoms. The van der Waals surface area contributed by atoms with Gasteiger partial charge >= 0.3 is 6.03 Å². The second kappa shape index (κ2) is 7.83. The third-order valence-corrected chi connectivity index (χ3v) is 4.46. The van der Waals surface area contributed by atoms with E-state index in [0.29, 0.717) is 19.5 Å². The van der Waals surface area contributed by atoms with Crippen LogP contribution in [0.3, 0.4) is 0 Å². The first-order valence-corrected chi connectivity index (χ1v) is 8.57. The van der Waals surface area contributed by atoms with Crippen LogP contribution in [-0.2, 0) is 11.3 Å². The van der Waals surface area contributed by atoms with E-state index >= 15 is 0 Å². The molecule has 25 heavy (non-hydrogen) atoms. The lowest BCUT2D eigenvalue weighted by molar-refractivity contribution is -0.134. The van der Waals surface area contributed by atoms with Gasteiger partial charge in [-0.15, -0.1) is 0 Å². The molecule has 1 atom stereocenters. The SMILES string of the molecule is CN(Cc1ccccc1)C(=O)C1CCCN1C(=O)Nc1ccccc1. The van der Waals surface area contributed by atoms with E-state index in [2.05, 4.69) is 5.32 Å². The van der Waals surface area contributed by atoms with Gasteiger partial charge in [0.1, 0.15) is 6.04 Å². The van der Waals surface area contributed by atoms with E-state index in [0.717, 1.165) is 17.7 Å². The minimum absolute atomic E-state index is 0.00966. The Labute approximate surface area is 148 Å². The van der Waals surface area contributed by atoms with E-state index in [1.807, 2.05) is 60.7 Å². The van der Waals surface area contributed by atoms with Crippen LogP contribution in [-0.4, -0.2) is 41.4 Å². The number of likely N-dealkylation sites (N-methyl/N-ethyl adjacent to an activating group) is 1. The molecule has 0 bridgehead atoms. The number of hydrogen-bond acceptors (Lipinski definition) is 2. The van der Waals surface area contributed by atoms with Crippen molar-refractivity contribution >= 4 is 17.6 Å². The topological polar surface area (TPSA) is 52.7 Å². The molecule has 2 aromatic rings. The molecule has 1 fully saturated rings. The smallest absolute Gasteiger partial charge is 0.322 e. The molecule has 5 nitrogen and oxygen atoms in total. The molecular formula is C20H23N3O2. The molecule has 130 valence electrons. The summed E-state index contributed by atoms with van der Waals surface area (Å²) < 4.78 is 0. The summed E-state index contributed by atoms with van der Waals surface area (Å²) in [6.07, 6.45) is 1.55. The zero-order chi connectivity index (χ0) is 17.6. The lowest BCUT2D eigenvalue weighted by Crippen LogP contribution is -2.47. The number of anilines is 1. The Hall–Kier alpha value is -2.82. The van der Waals surface area contributed by atoms with E-state index in [1.54, 1.807) is 16.8 Å². The van der Waals surface area contributed by atoms with Crippen molar-refractivity contribution in [2.24, 2.45) is 0 Å². The monoisotopic (exact) mass is 337 g/mol. The number of benzene rings is 2. The van der Waals surface area contributed by atoms with Gasteiger partial charge in [0.05, 0.1) is 0 Å². The summed E-state index contributed by atoms with van der Waals surface area (Å²) >= 11 is 0. The van der Waals surface area contributed by atoms with E-state index in [1.165, 1.54) is 0 Å². The number of para-hydroxylation sites is 1. The summed E-state index contributed by atoms with van der Waals surface area (Å²) in [6.45, 7) is 1.15. The predicted molar refractivity (Wildman–Crippen MR) is 98.1 cm³/mol. The highest BCUT2D eigenvalue weighted by Crippen LogP contribution is 2.21. The average molecular weight is 337 g/mol. The number of amides is 3. The Bertz CT molecular complexity index is 718. The quantitative estimate of drug-likeness (QED) is 0.930. The zero-order valence-corrected chi connectivity index (χ0v) is 14.4. The molecule has 1 aliphatic rings. The van der Waals surface area contributed by atoms with Gasteiger partial charge in [-0.1, -0.05) is 48.5 Å². The Kier molecular flexibility index (Phi) is 5.33. The number of hydrogen-bond donors (Lipinski definition) is 1. The van der Waals surface area contributed by atoms with Crippen LogP contribution in [0.5, 0.6) is 0 Å². The average Bonchev–Trinajstić information content (AvgIpc) is 3.12. The summed E-state index contributed by atoms with van der Waals surface area (Å²) in [5.41, 5.74) is 1.82. The van der Waals surface area contributed by atoms with Crippen LogP contribution in [0.25, 0.3) is 0 Å². The highest BCUT2D eigenvalue weighted by atomic mass is 16.2. The number of urea groups is 1. The number of rotatable bonds is 4. The fourth-order valence-electron chi connectivity index (χ4n) is 3.17. The molecular weight excluding hydrogens is 314 g/mol. The highest BCUT2D eigenvalue weighted by molar-refractivity contribution is 5.94. The number of likely N-dealkylation sites (tertiary alicyclic amines) is 1. The van der Waals surface area contributed by atoms with Gasteiger partial charge in [0.15, 0.2) is 0 Å². The van der Waals surface area contributed by atoms with Gasteiger partial charge in [0.2, 0.25) is 5.91 Å². The van der Waals surface area contributed by atoms with Crippen LogP contribution in [0.4, 0.5) is 10.5 Å². The molecule has 3 amide bonds. The maximum atomic E-state index is 12.8. The number of nitrogens with zero attached hydrogens (tertiary/aromatic N) is 2. The minimum atomic E-state index is -0.391. The van der Waals surface area contributed by atoms with Crippen molar-refractivity contribution in [3.63, 3.8) is 0 Å². The zero-order valence-electron chi connectivity index (χ0n) is 14.4. The van der Waals surface area contributed by atoms with Crippen LogP contribution in [0.15, 0.2) is 60.7 Å². The summed E-state index contributed by atoms with van der Waals surface area (Å²) in [5.74, 6) is -0.00966. The first-order chi connectivity index (χ1) is 12.1. The van der Waals surface area contributed by atoms with Gasteiger partial charge in [-0.2, -0.15) is 0 Å². The summed E-state index contributed by atoms with van der Waals surface area (Å²) in [7, 11) is 1.79. The lowest BCUT2D eigenvalue weighted by Gasteiger charge is -2.28. The Balaban J connectivity index is 1.64. The van der Waals surface area contributed by atoms with Crippen LogP contribution in [0.1, 0.15) is 18.4 Å². The van der Waals surface area contributed by atoms with Crippen molar-refractivity contribution in [3.8, 4) is 0 Å². The number of carbonyl (C=O) groups is 2. The standard InChI is InChI=1S/C20H23N3O2/c1-22(15-16-9-4-2-5-10-16)19(24)18-13-8-14-23(18)20(25)21-17-11-6-3-7-12-17/h2-7,9-12,18H,8,13-15H2,1H3,(H,21,25). The molecule has 1 N–H and O–H groups in total. The molecule has 1 saturated heterocycles. The predicted octanol–water partition coefficient (Wildman–Crippen LogP) is 3.34. The van der Waals surface area contributed by atoms with Crippen LogP contribution in [0, 0.1) is 0 Å². The normalized spacial score (nSPS) is 16.5. The van der Waals surface area contributed by atoms with Crippen LogP contribution in [0.2, 0.25) is 0 Å². The van der Waals surface area contributed by atoms with Crippen LogP contribution >= 0.6 is 0 Å². The molecule has 2 aromatic carbocycles. The van der Waals surface area contributed by atoms with E-state index in [9.17, 15) is 9.59 Å². The van der Waals surface area contributed by atoms with Crippen molar-refractivity contribution in [1.29, 1.82) is 0 Å². The first kappa shape index (κ1) is 17.0. The van der Waals surface area contributed by atoms with E-state index in [4.69, 9.17) is 0 Å². The summed E-state index contributed by atoms with van der Waals surface area (Å²) in [5, 5.41) is 2.87. The van der Waals surface area contributed by atoms with E-state index < -0.39 is 6.04 Å². The van der Waals surface area contributed by atoms with Crippen molar-refractivity contribution < 1.29 is 9.59 Å². The molecule has 3 rings (SSSR count). The number of nitrogens with one attached hydrogen (secondary N) is 1. The fourth-order valence-corrected chi connectivity index (χ4v) is 3.17. The number of carbonyl (C=O) groups excluding carboxylic acids is 2. The summed E-state index contributed by atoms with van der Waals surface area (Å²) in [4.78, 5) is 28.7. The Morgan fingerprint density at radius 1 is 1.08 bits per heavy atom. The lowest BCUT2D eigenvalue weighted by atomic mass is 10.1. The second-order valence-corrected chi connectivity index (χ2v) is 6.33. The third kappa shape index (κ3) is 4.18. The molecule has 0 radical (unpaired) electrons. The van der Waals surface area contributed by atoms with E-state index in [-0.39, 0.29) is 11.9 Å². The van der Waals surface area contributed by atoms with Gasteiger partial charge in [0.25, 0.3) is 0 Å². The van der Waals surface area contributed by atoms with Crippen molar-refractivity contribution in [2.75, 3.05) is 18.9 Å². The molecule has 1 heterocycles. The molecule has 1 unspecified atom stereocenters. The Morgan fingerprint density at radius 3 is 2.40 bits per heavy atom. The van der Waals surface area contributed by atoms with Gasteiger partial charge in [-0.3, -0.25) is 4.79 Å². The van der Waals surface area contributed by atoms with Gasteiger partial charge in [-0.25, -0.2) is 4.79 Å². The first-order valence-electron chi connectivity index (χ1n) is 8.57. The Morgan fingerprint density at radius 2 is 1.72 bits per heavy atom. The van der Waals surface area contributed by atoms with Crippen LogP contribution < -0.4 is 5.32 Å². The maximum Gasteiger partial charge on any atom is 0.322 e.